The van der Waals surface area contributed by atoms with E-state index in [4.69, 9.17) is 0 Å². The quantitative estimate of drug-likeness (QED) is 0.676. The van der Waals surface area contributed by atoms with Gasteiger partial charge in [0.15, 0.2) is 0 Å². The van der Waals surface area contributed by atoms with Gasteiger partial charge in [-0.1, -0.05) is 56.3 Å². The third kappa shape index (κ3) is 4.73. The van der Waals surface area contributed by atoms with Gasteiger partial charge in [-0.25, -0.2) is 0 Å². The van der Waals surface area contributed by atoms with Gasteiger partial charge in [-0.2, -0.15) is 0 Å². The molecule has 20 heavy (non-hydrogen) atoms. The van der Waals surface area contributed by atoms with Crippen LogP contribution in [0.5, 0.6) is 0 Å². The second kappa shape index (κ2) is 7.74. The molecule has 0 radical (unpaired) electrons. The predicted octanol–water partition coefficient (Wildman–Crippen LogP) is 5.24. The van der Waals surface area contributed by atoms with E-state index >= 15 is 0 Å². The third-order valence-corrected chi connectivity index (χ3v) is 3.64. The molecule has 0 unspecified atom stereocenters. The molecule has 0 saturated carbocycles. The van der Waals surface area contributed by atoms with Gasteiger partial charge in [0.05, 0.1) is 0 Å². The summed E-state index contributed by atoms with van der Waals surface area (Å²) in [5.41, 5.74) is 4.07. The lowest BCUT2D eigenvalue weighted by Gasteiger charge is -2.09. The molecule has 0 heterocycles. The first-order valence-electron chi connectivity index (χ1n) is 7.63. The topological polar surface area (TPSA) is 12.0 Å². The minimum Gasteiger partial charge on any atom is -0.385 e. The van der Waals surface area contributed by atoms with Gasteiger partial charge in [0.1, 0.15) is 0 Å². The number of hydrogen-bond acceptors (Lipinski definition) is 1. The van der Waals surface area contributed by atoms with Crippen LogP contribution in [0.2, 0.25) is 0 Å². The van der Waals surface area contributed by atoms with Crippen LogP contribution in [0.4, 0.5) is 5.69 Å². The normalized spacial score (nSPS) is 10.8. The average molecular weight is 267 g/mol. The van der Waals surface area contributed by atoms with Crippen molar-refractivity contribution >= 4 is 5.69 Å². The van der Waals surface area contributed by atoms with Gasteiger partial charge in [0, 0.05) is 12.2 Å². The summed E-state index contributed by atoms with van der Waals surface area (Å²) < 4.78 is 0. The molecule has 0 atom stereocenters. The van der Waals surface area contributed by atoms with Gasteiger partial charge in [0.2, 0.25) is 0 Å². The Kier molecular flexibility index (Phi) is 5.67. The SMILES string of the molecule is CC(C)c1ccc(NCCCCc2ccccc2)cc1. The maximum atomic E-state index is 3.50. The Bertz CT molecular complexity index is 485. The Morgan fingerprint density at radius 3 is 2.20 bits per heavy atom. The largest absolute Gasteiger partial charge is 0.385 e. The molecule has 106 valence electrons. The highest BCUT2D eigenvalue weighted by Crippen LogP contribution is 2.17. The van der Waals surface area contributed by atoms with E-state index in [0.717, 1.165) is 6.54 Å². The molecule has 1 nitrogen and oxygen atoms in total. The van der Waals surface area contributed by atoms with Gasteiger partial charge in [-0.05, 0) is 48.4 Å². The van der Waals surface area contributed by atoms with E-state index < -0.39 is 0 Å². The van der Waals surface area contributed by atoms with Crippen LogP contribution in [0.25, 0.3) is 0 Å². The number of hydrogen-bond donors (Lipinski definition) is 1. The smallest absolute Gasteiger partial charge is 0.0340 e. The van der Waals surface area contributed by atoms with Gasteiger partial charge < -0.3 is 5.32 Å². The molecule has 0 fully saturated rings. The van der Waals surface area contributed by atoms with Crippen molar-refractivity contribution in [1.29, 1.82) is 0 Å². The van der Waals surface area contributed by atoms with Crippen molar-refractivity contribution in [3.8, 4) is 0 Å². The Labute approximate surface area is 123 Å². The first-order chi connectivity index (χ1) is 9.75. The zero-order chi connectivity index (χ0) is 14.2. The van der Waals surface area contributed by atoms with E-state index in [-0.39, 0.29) is 0 Å². The summed E-state index contributed by atoms with van der Waals surface area (Å²) in [4.78, 5) is 0. The second-order valence-corrected chi connectivity index (χ2v) is 5.65. The summed E-state index contributed by atoms with van der Waals surface area (Å²) in [7, 11) is 0. The van der Waals surface area contributed by atoms with Crippen molar-refractivity contribution in [2.75, 3.05) is 11.9 Å². The van der Waals surface area contributed by atoms with Gasteiger partial charge in [-0.15, -0.1) is 0 Å². The van der Waals surface area contributed by atoms with Gasteiger partial charge in [0.25, 0.3) is 0 Å². The van der Waals surface area contributed by atoms with Crippen LogP contribution in [0.3, 0.4) is 0 Å². The summed E-state index contributed by atoms with van der Waals surface area (Å²) in [6, 6.07) is 19.5. The first kappa shape index (κ1) is 14.6. The van der Waals surface area contributed by atoms with Crippen molar-refractivity contribution < 1.29 is 0 Å². The van der Waals surface area contributed by atoms with Crippen LogP contribution < -0.4 is 5.32 Å². The average Bonchev–Trinajstić information content (AvgIpc) is 2.48. The van der Waals surface area contributed by atoms with E-state index in [1.54, 1.807) is 0 Å². The van der Waals surface area contributed by atoms with Gasteiger partial charge >= 0.3 is 0 Å². The van der Waals surface area contributed by atoms with E-state index in [2.05, 4.69) is 73.8 Å². The van der Waals surface area contributed by atoms with Gasteiger partial charge in [-0.3, -0.25) is 0 Å². The second-order valence-electron chi connectivity index (χ2n) is 5.65. The number of rotatable bonds is 7. The first-order valence-corrected chi connectivity index (χ1v) is 7.63. The fourth-order valence-electron chi connectivity index (χ4n) is 2.32. The molecule has 0 aliphatic carbocycles. The Morgan fingerprint density at radius 2 is 1.55 bits per heavy atom. The number of anilines is 1. The van der Waals surface area contributed by atoms with Crippen molar-refractivity contribution in [2.45, 2.75) is 39.0 Å². The Balaban J connectivity index is 1.66. The molecule has 0 aliphatic heterocycles. The lowest BCUT2D eigenvalue weighted by Crippen LogP contribution is -2.02. The Hall–Kier alpha value is -1.76. The molecule has 2 aromatic rings. The van der Waals surface area contributed by atoms with Crippen molar-refractivity contribution in [2.24, 2.45) is 0 Å². The van der Waals surface area contributed by atoms with E-state index in [1.165, 1.54) is 36.1 Å². The third-order valence-electron chi connectivity index (χ3n) is 3.64. The minimum atomic E-state index is 0.606. The van der Waals surface area contributed by atoms with Crippen LogP contribution in [0, 0.1) is 0 Å². The summed E-state index contributed by atoms with van der Waals surface area (Å²) >= 11 is 0. The molecule has 0 spiro atoms. The maximum Gasteiger partial charge on any atom is 0.0340 e. The lowest BCUT2D eigenvalue weighted by atomic mass is 10.0. The summed E-state index contributed by atoms with van der Waals surface area (Å²) in [6.45, 7) is 5.51. The molecule has 0 amide bonds. The number of aryl methyl sites for hydroxylation is 1. The number of nitrogens with one attached hydrogen (secondary N) is 1. The maximum absolute atomic E-state index is 3.50. The Morgan fingerprint density at radius 1 is 0.850 bits per heavy atom. The predicted molar refractivity (Wildman–Crippen MR) is 88.4 cm³/mol. The van der Waals surface area contributed by atoms with Crippen molar-refractivity contribution in [3.05, 3.63) is 65.7 Å². The molecule has 0 aliphatic rings. The van der Waals surface area contributed by atoms with Crippen LogP contribution in [0.1, 0.15) is 43.7 Å². The zero-order valence-corrected chi connectivity index (χ0v) is 12.6. The summed E-state index contributed by atoms with van der Waals surface area (Å²) in [5, 5.41) is 3.50. The van der Waals surface area contributed by atoms with Crippen LogP contribution in [-0.4, -0.2) is 6.54 Å². The fourth-order valence-corrected chi connectivity index (χ4v) is 2.32. The van der Waals surface area contributed by atoms with E-state index in [0.29, 0.717) is 5.92 Å². The van der Waals surface area contributed by atoms with Crippen LogP contribution >= 0.6 is 0 Å². The molecule has 0 saturated heterocycles. The fraction of sp³-hybridized carbons (Fsp3) is 0.368. The lowest BCUT2D eigenvalue weighted by molar-refractivity contribution is 0.763. The standard InChI is InChI=1S/C19H25N/c1-16(2)18-11-13-19(14-12-18)20-15-7-6-10-17-8-4-3-5-9-17/h3-5,8-9,11-14,16,20H,6-7,10,15H2,1-2H3. The van der Waals surface area contributed by atoms with E-state index in [9.17, 15) is 0 Å². The highest BCUT2D eigenvalue weighted by Gasteiger charge is 1.98. The summed E-state index contributed by atoms with van der Waals surface area (Å²) in [5.74, 6) is 0.606. The molecule has 2 rings (SSSR count). The number of unbranched alkanes of at least 4 members (excludes halogenated alkanes) is 1. The zero-order valence-electron chi connectivity index (χ0n) is 12.6. The van der Waals surface area contributed by atoms with E-state index in [1.807, 2.05) is 0 Å². The highest BCUT2D eigenvalue weighted by atomic mass is 14.9. The molecule has 0 aromatic heterocycles. The molecular weight excluding hydrogens is 242 g/mol. The molecule has 1 heteroatoms. The monoisotopic (exact) mass is 267 g/mol. The molecular formula is C19H25N. The molecule has 0 bridgehead atoms. The van der Waals surface area contributed by atoms with Crippen LogP contribution in [-0.2, 0) is 6.42 Å². The van der Waals surface area contributed by atoms with Crippen LogP contribution in [0.15, 0.2) is 54.6 Å². The molecule has 2 aromatic carbocycles. The summed E-state index contributed by atoms with van der Waals surface area (Å²) in [6.07, 6.45) is 3.62. The van der Waals surface area contributed by atoms with Crippen molar-refractivity contribution in [1.82, 2.24) is 0 Å². The number of benzene rings is 2. The highest BCUT2D eigenvalue weighted by molar-refractivity contribution is 5.45. The van der Waals surface area contributed by atoms with Crippen molar-refractivity contribution in [3.63, 3.8) is 0 Å². The minimum absolute atomic E-state index is 0.606. The molecule has 1 N–H and O–H groups in total.